The summed E-state index contributed by atoms with van der Waals surface area (Å²) in [6.07, 6.45) is 38.1. The fourth-order valence-electron chi connectivity index (χ4n) is 4.64. The fraction of sp³-hybridized carbons (Fsp3) is 0.935. The molecule has 0 spiro atoms. The van der Waals surface area contributed by atoms with Gasteiger partial charge in [-0.1, -0.05) is 148 Å². The zero-order chi connectivity index (χ0) is 23.5. The third kappa shape index (κ3) is 27.7. The lowest BCUT2D eigenvalue weighted by molar-refractivity contribution is 0.477. The van der Waals surface area contributed by atoms with Crippen molar-refractivity contribution in [3.05, 3.63) is 12.2 Å². The molecule has 0 saturated carbocycles. The molecule has 1 nitrogen and oxygen atoms in total. The monoisotopic (exact) mass is 449 g/mol. The van der Waals surface area contributed by atoms with Gasteiger partial charge in [0.1, 0.15) is 0 Å². The van der Waals surface area contributed by atoms with E-state index in [1.807, 2.05) is 0 Å². The number of rotatable bonds is 26. The van der Waals surface area contributed by atoms with Crippen LogP contribution in [0, 0.1) is 5.92 Å². The number of nitrogens with two attached hydrogens (primary N) is 1. The largest absolute Gasteiger partial charge is 0.328 e. The molecule has 0 aromatic heterocycles. The number of hydrogen-bond acceptors (Lipinski definition) is 1. The molecule has 0 aliphatic heterocycles. The Balaban J connectivity index is 3.21. The summed E-state index contributed by atoms with van der Waals surface area (Å²) < 4.78 is 0. The van der Waals surface area contributed by atoms with Gasteiger partial charge in [-0.2, -0.15) is 0 Å². The summed E-state index contributed by atoms with van der Waals surface area (Å²) in [6.45, 7) is 6.96. The van der Waals surface area contributed by atoms with E-state index >= 15 is 0 Å². The minimum absolute atomic E-state index is 0.451. The summed E-state index contributed by atoms with van der Waals surface area (Å²) in [4.78, 5) is 0. The summed E-state index contributed by atoms with van der Waals surface area (Å²) in [5.74, 6) is 0.874. The topological polar surface area (TPSA) is 26.0 Å². The van der Waals surface area contributed by atoms with Gasteiger partial charge in [0.25, 0.3) is 0 Å². The van der Waals surface area contributed by atoms with Crippen molar-refractivity contribution in [2.75, 3.05) is 0 Å². The molecule has 0 saturated heterocycles. The molecule has 0 rings (SSSR count). The minimum Gasteiger partial charge on any atom is -0.328 e. The lowest BCUT2D eigenvalue weighted by Gasteiger charge is -2.11. The van der Waals surface area contributed by atoms with Crippen LogP contribution >= 0.6 is 0 Å². The van der Waals surface area contributed by atoms with Gasteiger partial charge in [-0.15, -0.1) is 0 Å². The summed E-state index contributed by atoms with van der Waals surface area (Å²) in [5, 5.41) is 0. The van der Waals surface area contributed by atoms with Crippen LogP contribution in [0.4, 0.5) is 0 Å². The lowest BCUT2D eigenvalue weighted by atomic mass is 10.00. The molecule has 1 unspecified atom stereocenters. The highest BCUT2D eigenvalue weighted by molar-refractivity contribution is 4.81. The molecule has 0 aliphatic rings. The molecule has 0 radical (unpaired) electrons. The van der Waals surface area contributed by atoms with E-state index in [4.69, 9.17) is 5.73 Å². The highest BCUT2D eigenvalue weighted by Crippen LogP contribution is 2.15. The van der Waals surface area contributed by atoms with Crippen molar-refractivity contribution in [2.45, 2.75) is 181 Å². The maximum atomic E-state index is 6.32. The van der Waals surface area contributed by atoms with Crippen molar-refractivity contribution in [3.8, 4) is 0 Å². The third-order valence-electron chi connectivity index (χ3n) is 6.94. The predicted octanol–water partition coefficient (Wildman–Crippen LogP) is 10.9. The predicted molar refractivity (Wildman–Crippen MR) is 148 cm³/mol. The molecule has 0 aliphatic carbocycles. The average molecular weight is 450 g/mol. The maximum absolute atomic E-state index is 6.32. The molecule has 1 heteroatoms. The molecule has 0 aromatic carbocycles. The van der Waals surface area contributed by atoms with Gasteiger partial charge in [0.05, 0.1) is 0 Å². The van der Waals surface area contributed by atoms with Gasteiger partial charge in [0.2, 0.25) is 0 Å². The Bertz CT molecular complexity index is 359. The van der Waals surface area contributed by atoms with Crippen LogP contribution in [0.2, 0.25) is 0 Å². The second-order valence-electron chi connectivity index (χ2n) is 10.9. The van der Waals surface area contributed by atoms with Gasteiger partial charge in [-0.05, 0) is 44.4 Å². The summed E-state index contributed by atoms with van der Waals surface area (Å²) >= 11 is 0. The number of allylic oxidation sites excluding steroid dienone is 2. The molecule has 0 fully saturated rings. The zero-order valence-corrected chi connectivity index (χ0v) is 22.9. The third-order valence-corrected chi connectivity index (χ3v) is 6.94. The highest BCUT2D eigenvalue weighted by atomic mass is 14.6. The van der Waals surface area contributed by atoms with Gasteiger partial charge in [0, 0.05) is 6.04 Å². The second-order valence-corrected chi connectivity index (χ2v) is 10.9. The van der Waals surface area contributed by atoms with Crippen LogP contribution in [0.25, 0.3) is 0 Å². The SMILES string of the molecule is CCCCCCCCCCCC=CCCCCCCC(N)CCCCCCCCC(C)C. The molecule has 0 heterocycles. The van der Waals surface area contributed by atoms with Crippen molar-refractivity contribution in [3.63, 3.8) is 0 Å². The molecule has 0 amide bonds. The van der Waals surface area contributed by atoms with Crippen molar-refractivity contribution in [2.24, 2.45) is 11.7 Å². The van der Waals surface area contributed by atoms with Gasteiger partial charge in [0.15, 0.2) is 0 Å². The van der Waals surface area contributed by atoms with E-state index in [1.165, 1.54) is 154 Å². The van der Waals surface area contributed by atoms with E-state index in [9.17, 15) is 0 Å². The van der Waals surface area contributed by atoms with Crippen LogP contribution in [-0.4, -0.2) is 6.04 Å². The maximum Gasteiger partial charge on any atom is 0.00388 e. The molecule has 2 N–H and O–H groups in total. The first-order valence-corrected chi connectivity index (χ1v) is 15.1. The van der Waals surface area contributed by atoms with Gasteiger partial charge >= 0.3 is 0 Å². The summed E-state index contributed by atoms with van der Waals surface area (Å²) in [6, 6.07) is 0.451. The number of unbranched alkanes of at least 4 members (excludes halogenated alkanes) is 18. The first-order valence-electron chi connectivity index (χ1n) is 15.1. The van der Waals surface area contributed by atoms with Crippen LogP contribution in [0.1, 0.15) is 175 Å². The van der Waals surface area contributed by atoms with Crippen LogP contribution in [0.3, 0.4) is 0 Å². The second kappa shape index (κ2) is 26.9. The standard InChI is InChI=1S/C31H63N/c1-4-5-6-7-8-9-10-11-12-13-14-15-16-17-18-22-25-28-31(32)29-26-23-20-19-21-24-27-30(2)3/h14-15,30-31H,4-13,16-29,32H2,1-3H3. The van der Waals surface area contributed by atoms with Crippen molar-refractivity contribution in [1.82, 2.24) is 0 Å². The van der Waals surface area contributed by atoms with E-state index in [0.717, 1.165) is 5.92 Å². The van der Waals surface area contributed by atoms with E-state index in [2.05, 4.69) is 32.9 Å². The van der Waals surface area contributed by atoms with E-state index in [1.54, 1.807) is 0 Å². The molecule has 32 heavy (non-hydrogen) atoms. The first kappa shape index (κ1) is 31.7. The van der Waals surface area contributed by atoms with Crippen LogP contribution in [-0.2, 0) is 0 Å². The normalized spacial score (nSPS) is 12.9. The van der Waals surface area contributed by atoms with Crippen molar-refractivity contribution in [1.29, 1.82) is 0 Å². The molecule has 0 aromatic rings. The van der Waals surface area contributed by atoms with Crippen LogP contribution in [0.5, 0.6) is 0 Å². The van der Waals surface area contributed by atoms with Gasteiger partial charge < -0.3 is 5.73 Å². The zero-order valence-electron chi connectivity index (χ0n) is 22.9. The minimum atomic E-state index is 0.451. The molecule has 0 bridgehead atoms. The summed E-state index contributed by atoms with van der Waals surface area (Å²) in [7, 11) is 0. The Hall–Kier alpha value is -0.300. The Morgan fingerprint density at radius 3 is 1.22 bits per heavy atom. The molecular weight excluding hydrogens is 386 g/mol. The van der Waals surface area contributed by atoms with Crippen molar-refractivity contribution >= 4 is 0 Å². The van der Waals surface area contributed by atoms with Crippen molar-refractivity contribution < 1.29 is 0 Å². The van der Waals surface area contributed by atoms with Gasteiger partial charge in [-0.3, -0.25) is 0 Å². The van der Waals surface area contributed by atoms with E-state index in [-0.39, 0.29) is 0 Å². The van der Waals surface area contributed by atoms with E-state index < -0.39 is 0 Å². The molecule has 1 atom stereocenters. The van der Waals surface area contributed by atoms with Gasteiger partial charge in [-0.25, -0.2) is 0 Å². The Morgan fingerprint density at radius 1 is 0.469 bits per heavy atom. The summed E-state index contributed by atoms with van der Waals surface area (Å²) in [5.41, 5.74) is 6.32. The quantitative estimate of drug-likeness (QED) is 0.103. The van der Waals surface area contributed by atoms with E-state index in [0.29, 0.717) is 6.04 Å². The number of hydrogen-bond donors (Lipinski definition) is 1. The highest BCUT2D eigenvalue weighted by Gasteiger charge is 2.02. The lowest BCUT2D eigenvalue weighted by Crippen LogP contribution is -2.19. The molecular formula is C31H63N. The average Bonchev–Trinajstić information content (AvgIpc) is 2.77. The molecule has 192 valence electrons. The Morgan fingerprint density at radius 2 is 0.812 bits per heavy atom. The first-order chi connectivity index (χ1) is 15.7. The smallest absolute Gasteiger partial charge is 0.00388 e. The Kier molecular flexibility index (Phi) is 26.7. The fourth-order valence-corrected chi connectivity index (χ4v) is 4.64. The van der Waals surface area contributed by atoms with Crippen LogP contribution in [0.15, 0.2) is 12.2 Å². The van der Waals surface area contributed by atoms with Crippen LogP contribution < -0.4 is 5.73 Å². The Labute approximate surface area is 204 Å².